The summed E-state index contributed by atoms with van der Waals surface area (Å²) >= 11 is 0. The zero-order chi connectivity index (χ0) is 19.5. The van der Waals surface area contributed by atoms with Gasteiger partial charge in [0.1, 0.15) is 0 Å². The highest BCUT2D eigenvalue weighted by Crippen LogP contribution is 2.32. The van der Waals surface area contributed by atoms with E-state index in [1.54, 1.807) is 24.3 Å². The van der Waals surface area contributed by atoms with E-state index in [1.165, 1.54) is 10.5 Å². The van der Waals surface area contributed by atoms with Crippen LogP contribution in [-0.4, -0.2) is 22.8 Å². The van der Waals surface area contributed by atoms with Crippen molar-refractivity contribution in [3.05, 3.63) is 114 Å². The molecular weight excluding hydrogens is 346 g/mol. The van der Waals surface area contributed by atoms with Crippen LogP contribution in [0.4, 0.5) is 0 Å². The van der Waals surface area contributed by atoms with Gasteiger partial charge in [0.05, 0.1) is 17.2 Å². The predicted octanol–water partition coefficient (Wildman–Crippen LogP) is 5.00. The first-order chi connectivity index (χ1) is 13.7. The van der Waals surface area contributed by atoms with Crippen LogP contribution in [-0.2, 0) is 6.42 Å². The Morgan fingerprint density at radius 1 is 0.750 bits per heavy atom. The van der Waals surface area contributed by atoms with Crippen molar-refractivity contribution < 1.29 is 9.59 Å². The normalized spacial score (nSPS) is 14.1. The Bertz CT molecular complexity index is 990. The summed E-state index contributed by atoms with van der Waals surface area (Å²) < 4.78 is 0. The Balaban J connectivity index is 1.68. The number of carbonyl (C=O) groups is 2. The highest BCUT2D eigenvalue weighted by molar-refractivity contribution is 6.22. The summed E-state index contributed by atoms with van der Waals surface area (Å²) in [6.45, 7) is 4.27. The predicted molar refractivity (Wildman–Crippen MR) is 111 cm³/mol. The molecule has 0 fully saturated rings. The van der Waals surface area contributed by atoms with Gasteiger partial charge in [0.25, 0.3) is 11.8 Å². The molecule has 3 aromatic carbocycles. The molecule has 3 heteroatoms. The van der Waals surface area contributed by atoms with Crippen molar-refractivity contribution in [3.63, 3.8) is 0 Å². The van der Waals surface area contributed by atoms with E-state index in [0.717, 1.165) is 17.6 Å². The quantitative estimate of drug-likeness (QED) is 0.575. The number of benzene rings is 3. The molecule has 1 atom stereocenters. The Hall–Kier alpha value is -3.46. The fourth-order valence-electron chi connectivity index (χ4n) is 3.74. The summed E-state index contributed by atoms with van der Waals surface area (Å²) in [6.07, 6.45) is 1.38. The van der Waals surface area contributed by atoms with Gasteiger partial charge in [0.2, 0.25) is 0 Å². The van der Waals surface area contributed by atoms with E-state index in [1.807, 2.05) is 48.5 Å². The molecule has 1 aliphatic rings. The number of nitrogens with zero attached hydrogens (tertiary/aromatic N) is 1. The lowest BCUT2D eigenvalue weighted by molar-refractivity contribution is 0.0615. The van der Waals surface area contributed by atoms with Crippen LogP contribution in [0, 0.1) is 0 Å². The van der Waals surface area contributed by atoms with Gasteiger partial charge in [-0.2, -0.15) is 0 Å². The van der Waals surface area contributed by atoms with Crippen LogP contribution >= 0.6 is 0 Å². The lowest BCUT2D eigenvalue weighted by atomic mass is 9.93. The topological polar surface area (TPSA) is 37.4 Å². The van der Waals surface area contributed by atoms with Crippen LogP contribution in [0.1, 0.15) is 38.3 Å². The van der Waals surface area contributed by atoms with Crippen LogP contribution in [0.3, 0.4) is 0 Å². The summed E-state index contributed by atoms with van der Waals surface area (Å²) in [5.74, 6) is -0.480. The van der Waals surface area contributed by atoms with Crippen molar-refractivity contribution in [2.75, 3.05) is 0 Å². The highest BCUT2D eigenvalue weighted by Gasteiger charge is 2.40. The number of amides is 2. The average Bonchev–Trinajstić information content (AvgIpc) is 3.00. The van der Waals surface area contributed by atoms with Crippen LogP contribution in [0.15, 0.2) is 91.5 Å². The van der Waals surface area contributed by atoms with Gasteiger partial charge in [0.15, 0.2) is 0 Å². The SMILES string of the molecule is C=C(c1ccccc1)C(CCc1ccccc1)N1C(=O)c2ccccc2C1=O. The number of fused-ring (bicyclic) bond motifs is 1. The molecule has 0 saturated carbocycles. The Kier molecular flexibility index (Phi) is 4.90. The monoisotopic (exact) mass is 367 g/mol. The molecule has 0 spiro atoms. The molecule has 2 amide bonds. The first-order valence-corrected chi connectivity index (χ1v) is 9.42. The Morgan fingerprint density at radius 2 is 1.25 bits per heavy atom. The van der Waals surface area contributed by atoms with Crippen LogP contribution < -0.4 is 0 Å². The lowest BCUT2D eigenvalue weighted by Gasteiger charge is -2.28. The van der Waals surface area contributed by atoms with Gasteiger partial charge in [-0.25, -0.2) is 0 Å². The van der Waals surface area contributed by atoms with Gasteiger partial charge in [-0.05, 0) is 41.7 Å². The maximum absolute atomic E-state index is 13.1. The molecule has 0 aliphatic carbocycles. The largest absolute Gasteiger partial charge is 0.269 e. The smallest absolute Gasteiger partial charge is 0.262 e. The second kappa shape index (κ2) is 7.65. The first kappa shape index (κ1) is 17.9. The summed E-state index contributed by atoms with van der Waals surface area (Å²) in [5, 5.41) is 0. The minimum Gasteiger partial charge on any atom is -0.269 e. The van der Waals surface area contributed by atoms with Crippen molar-refractivity contribution in [3.8, 4) is 0 Å². The number of carbonyl (C=O) groups excluding carboxylic acids is 2. The minimum absolute atomic E-state index is 0.240. The lowest BCUT2D eigenvalue weighted by Crippen LogP contribution is -2.40. The van der Waals surface area contributed by atoms with Crippen molar-refractivity contribution in [1.82, 2.24) is 4.90 Å². The van der Waals surface area contributed by atoms with Crippen LogP contribution in [0.2, 0.25) is 0 Å². The molecule has 3 nitrogen and oxygen atoms in total. The molecule has 4 rings (SSSR count). The van der Waals surface area contributed by atoms with Crippen LogP contribution in [0.5, 0.6) is 0 Å². The molecule has 138 valence electrons. The van der Waals surface area contributed by atoms with Gasteiger partial charge in [-0.3, -0.25) is 14.5 Å². The molecular formula is C25H21NO2. The Morgan fingerprint density at radius 3 is 1.82 bits per heavy atom. The first-order valence-electron chi connectivity index (χ1n) is 9.42. The van der Waals surface area contributed by atoms with E-state index in [9.17, 15) is 9.59 Å². The molecule has 3 aromatic rings. The average molecular weight is 367 g/mol. The third-order valence-electron chi connectivity index (χ3n) is 5.23. The minimum atomic E-state index is -0.394. The third kappa shape index (κ3) is 3.27. The van der Waals surface area contributed by atoms with Gasteiger partial charge >= 0.3 is 0 Å². The summed E-state index contributed by atoms with van der Waals surface area (Å²) in [4.78, 5) is 27.5. The maximum atomic E-state index is 13.1. The number of aryl methyl sites for hydroxylation is 1. The fourth-order valence-corrected chi connectivity index (χ4v) is 3.74. The zero-order valence-electron chi connectivity index (χ0n) is 15.5. The van der Waals surface area contributed by atoms with Crippen molar-refractivity contribution in [1.29, 1.82) is 0 Å². The zero-order valence-corrected chi connectivity index (χ0v) is 15.5. The fraction of sp³-hybridized carbons (Fsp3) is 0.120. The number of imide groups is 1. The second-order valence-corrected chi connectivity index (χ2v) is 6.96. The van der Waals surface area contributed by atoms with E-state index >= 15 is 0 Å². The maximum Gasteiger partial charge on any atom is 0.262 e. The van der Waals surface area contributed by atoms with Gasteiger partial charge in [-0.1, -0.05) is 79.4 Å². The van der Waals surface area contributed by atoms with E-state index in [2.05, 4.69) is 18.7 Å². The number of rotatable bonds is 6. The van der Waals surface area contributed by atoms with Gasteiger partial charge in [-0.15, -0.1) is 0 Å². The summed E-state index contributed by atoms with van der Waals surface area (Å²) in [6, 6.07) is 26.5. The van der Waals surface area contributed by atoms with E-state index < -0.39 is 6.04 Å². The van der Waals surface area contributed by atoms with Gasteiger partial charge in [0, 0.05) is 0 Å². The molecule has 0 bridgehead atoms. The van der Waals surface area contributed by atoms with E-state index in [0.29, 0.717) is 17.5 Å². The molecule has 0 aromatic heterocycles. The van der Waals surface area contributed by atoms with E-state index in [-0.39, 0.29) is 11.8 Å². The molecule has 1 unspecified atom stereocenters. The molecule has 28 heavy (non-hydrogen) atoms. The highest BCUT2D eigenvalue weighted by atomic mass is 16.2. The molecule has 0 radical (unpaired) electrons. The van der Waals surface area contributed by atoms with Crippen molar-refractivity contribution in [2.45, 2.75) is 18.9 Å². The number of hydrogen-bond acceptors (Lipinski definition) is 2. The van der Waals surface area contributed by atoms with Crippen molar-refractivity contribution in [2.24, 2.45) is 0 Å². The molecule has 1 aliphatic heterocycles. The molecule has 0 N–H and O–H groups in total. The van der Waals surface area contributed by atoms with Gasteiger partial charge < -0.3 is 0 Å². The Labute approximate surface area is 164 Å². The standard InChI is InChI=1S/C25H21NO2/c1-18(20-12-6-3-7-13-20)23(17-16-19-10-4-2-5-11-19)26-24(27)21-14-8-9-15-22(21)25(26)28/h2-15,23H,1,16-17H2. The molecule has 1 heterocycles. The molecule has 0 saturated heterocycles. The second-order valence-electron chi connectivity index (χ2n) is 6.96. The van der Waals surface area contributed by atoms with Crippen LogP contribution in [0.25, 0.3) is 5.57 Å². The van der Waals surface area contributed by atoms with Crippen molar-refractivity contribution >= 4 is 17.4 Å². The van der Waals surface area contributed by atoms with E-state index in [4.69, 9.17) is 0 Å². The third-order valence-corrected chi connectivity index (χ3v) is 5.23. The number of hydrogen-bond donors (Lipinski definition) is 0. The summed E-state index contributed by atoms with van der Waals surface area (Å²) in [5.41, 5.74) is 3.84. The summed E-state index contributed by atoms with van der Waals surface area (Å²) in [7, 11) is 0.